The minimum absolute atomic E-state index is 0.0275. The van der Waals surface area contributed by atoms with Crippen LogP contribution in [0.2, 0.25) is 0 Å². The standard InChI is InChI=1S/C25H32N6O4/c1-25(2,3)35-24(32)31-12-6-7-16(14-31)27-22-21-18(29-23(26)30-22)10-9-17(28-21)15-8-11-19(33-4)20(13-15)34-5/h8-11,13,16H,6-7,12,14H2,1-5H3,(H3,26,27,29,30). The fourth-order valence-corrected chi connectivity index (χ4v) is 4.07. The number of hydrogen-bond acceptors (Lipinski definition) is 9. The van der Waals surface area contributed by atoms with Crippen LogP contribution in [0.4, 0.5) is 16.6 Å². The number of ether oxygens (including phenoxy) is 3. The number of hydrogen-bond donors (Lipinski definition) is 2. The van der Waals surface area contributed by atoms with Gasteiger partial charge in [0.05, 0.1) is 25.4 Å². The summed E-state index contributed by atoms with van der Waals surface area (Å²) in [4.78, 5) is 27.9. The first-order valence-corrected chi connectivity index (χ1v) is 11.6. The fraction of sp³-hybridized carbons (Fsp3) is 0.440. The Morgan fingerprint density at radius 1 is 1.09 bits per heavy atom. The van der Waals surface area contributed by atoms with E-state index >= 15 is 0 Å². The van der Waals surface area contributed by atoms with Gasteiger partial charge < -0.3 is 30.2 Å². The topological polar surface area (TPSA) is 125 Å². The van der Waals surface area contributed by atoms with Crippen LogP contribution in [-0.4, -0.2) is 64.9 Å². The molecule has 0 aliphatic carbocycles. The van der Waals surface area contributed by atoms with E-state index in [4.69, 9.17) is 24.9 Å². The van der Waals surface area contributed by atoms with Crippen LogP contribution in [0.1, 0.15) is 33.6 Å². The molecule has 186 valence electrons. The van der Waals surface area contributed by atoms with Crippen molar-refractivity contribution >= 4 is 28.9 Å². The number of carbonyl (C=O) groups is 1. The van der Waals surface area contributed by atoms with Gasteiger partial charge in [0.25, 0.3) is 0 Å². The van der Waals surface area contributed by atoms with E-state index < -0.39 is 5.60 Å². The molecule has 1 unspecified atom stereocenters. The Labute approximate surface area is 204 Å². The lowest BCUT2D eigenvalue weighted by Gasteiger charge is -2.34. The van der Waals surface area contributed by atoms with Crippen molar-refractivity contribution in [1.82, 2.24) is 19.9 Å². The van der Waals surface area contributed by atoms with E-state index in [1.54, 1.807) is 19.1 Å². The minimum atomic E-state index is -0.542. The molecule has 1 aliphatic rings. The molecule has 1 aliphatic heterocycles. The minimum Gasteiger partial charge on any atom is -0.493 e. The van der Waals surface area contributed by atoms with E-state index in [1.165, 1.54) is 0 Å². The molecular formula is C25H32N6O4. The molecule has 3 N–H and O–H groups in total. The number of pyridine rings is 1. The first kappa shape index (κ1) is 24.3. The zero-order chi connectivity index (χ0) is 25.2. The second kappa shape index (κ2) is 9.81. The molecular weight excluding hydrogens is 448 g/mol. The van der Waals surface area contributed by atoms with Crippen LogP contribution in [0, 0.1) is 0 Å². The Balaban J connectivity index is 1.62. The number of anilines is 2. The quantitative estimate of drug-likeness (QED) is 0.555. The van der Waals surface area contributed by atoms with Crippen molar-refractivity contribution in [2.75, 3.05) is 38.4 Å². The number of piperidine rings is 1. The van der Waals surface area contributed by atoms with Crippen molar-refractivity contribution in [1.29, 1.82) is 0 Å². The van der Waals surface area contributed by atoms with Crippen molar-refractivity contribution in [2.45, 2.75) is 45.3 Å². The van der Waals surface area contributed by atoms with Gasteiger partial charge in [0.1, 0.15) is 11.1 Å². The van der Waals surface area contributed by atoms with Crippen LogP contribution in [0.3, 0.4) is 0 Å². The summed E-state index contributed by atoms with van der Waals surface area (Å²) in [5, 5.41) is 3.44. The fourth-order valence-electron chi connectivity index (χ4n) is 4.07. The molecule has 0 saturated carbocycles. The molecule has 1 atom stereocenters. The summed E-state index contributed by atoms with van der Waals surface area (Å²) >= 11 is 0. The van der Waals surface area contributed by atoms with E-state index in [0.717, 1.165) is 24.1 Å². The van der Waals surface area contributed by atoms with Gasteiger partial charge in [-0.15, -0.1) is 0 Å². The number of nitrogen functional groups attached to an aromatic ring is 1. The second-order valence-electron chi connectivity index (χ2n) is 9.47. The van der Waals surface area contributed by atoms with E-state index in [9.17, 15) is 4.79 Å². The van der Waals surface area contributed by atoms with Crippen LogP contribution in [-0.2, 0) is 4.74 Å². The molecule has 10 nitrogen and oxygen atoms in total. The third-order valence-electron chi connectivity index (χ3n) is 5.65. The number of nitrogens with zero attached hydrogens (tertiary/aromatic N) is 4. The van der Waals surface area contributed by atoms with Crippen molar-refractivity contribution in [3.8, 4) is 22.8 Å². The summed E-state index contributed by atoms with van der Waals surface area (Å²) in [5.74, 6) is 1.94. The maximum Gasteiger partial charge on any atom is 0.410 e. The highest BCUT2D eigenvalue weighted by atomic mass is 16.6. The first-order chi connectivity index (χ1) is 16.7. The van der Waals surface area contributed by atoms with Gasteiger partial charge in [-0.05, 0) is 63.9 Å². The molecule has 0 radical (unpaired) electrons. The third kappa shape index (κ3) is 5.64. The molecule has 0 spiro atoms. The van der Waals surface area contributed by atoms with Gasteiger partial charge in [0.15, 0.2) is 17.3 Å². The van der Waals surface area contributed by atoms with Gasteiger partial charge in [-0.3, -0.25) is 0 Å². The van der Waals surface area contributed by atoms with Crippen molar-refractivity contribution in [3.63, 3.8) is 0 Å². The van der Waals surface area contributed by atoms with E-state index in [1.807, 2.05) is 51.1 Å². The van der Waals surface area contributed by atoms with Crippen molar-refractivity contribution < 1.29 is 19.0 Å². The summed E-state index contributed by atoms with van der Waals surface area (Å²) in [6.07, 6.45) is 1.41. The number of likely N-dealkylation sites (tertiary alicyclic amines) is 1. The highest BCUT2D eigenvalue weighted by Gasteiger charge is 2.28. The number of methoxy groups -OCH3 is 2. The van der Waals surface area contributed by atoms with Gasteiger partial charge in [0.2, 0.25) is 5.95 Å². The molecule has 1 aromatic carbocycles. The number of nitrogens with one attached hydrogen (secondary N) is 1. The number of amides is 1. The monoisotopic (exact) mass is 480 g/mol. The van der Waals surface area contributed by atoms with Gasteiger partial charge in [-0.25, -0.2) is 14.8 Å². The van der Waals surface area contributed by atoms with Crippen LogP contribution in [0.25, 0.3) is 22.3 Å². The molecule has 3 aromatic rings. The SMILES string of the molecule is COc1ccc(-c2ccc3nc(N)nc(NC4CCCN(C(=O)OC(C)(C)C)C4)c3n2)cc1OC. The molecule has 2 aromatic heterocycles. The number of nitrogens with two attached hydrogens (primary N) is 1. The zero-order valence-electron chi connectivity index (χ0n) is 20.8. The average molecular weight is 481 g/mol. The molecule has 1 saturated heterocycles. The molecule has 35 heavy (non-hydrogen) atoms. The normalized spacial score (nSPS) is 16.1. The summed E-state index contributed by atoms with van der Waals surface area (Å²) in [6, 6.07) is 9.35. The predicted octanol–water partition coefficient (Wildman–Crippen LogP) is 4.10. The molecule has 10 heteroatoms. The smallest absolute Gasteiger partial charge is 0.410 e. The Morgan fingerprint density at radius 3 is 2.57 bits per heavy atom. The third-order valence-corrected chi connectivity index (χ3v) is 5.65. The van der Waals surface area contributed by atoms with Gasteiger partial charge >= 0.3 is 6.09 Å². The zero-order valence-corrected chi connectivity index (χ0v) is 20.8. The Kier molecular flexibility index (Phi) is 6.81. The Morgan fingerprint density at radius 2 is 1.86 bits per heavy atom. The highest BCUT2D eigenvalue weighted by molar-refractivity contribution is 5.88. The molecule has 1 fully saturated rings. The molecule has 1 amide bonds. The maximum absolute atomic E-state index is 12.6. The Bertz CT molecular complexity index is 1230. The molecule has 0 bridgehead atoms. The number of fused-ring (bicyclic) bond motifs is 1. The second-order valence-corrected chi connectivity index (χ2v) is 9.47. The van der Waals surface area contributed by atoms with E-state index in [-0.39, 0.29) is 18.1 Å². The summed E-state index contributed by atoms with van der Waals surface area (Å²) in [6.45, 7) is 6.74. The maximum atomic E-state index is 12.6. The lowest BCUT2D eigenvalue weighted by molar-refractivity contribution is 0.0206. The summed E-state index contributed by atoms with van der Waals surface area (Å²) < 4.78 is 16.3. The van der Waals surface area contributed by atoms with Crippen LogP contribution >= 0.6 is 0 Å². The van der Waals surface area contributed by atoms with Crippen LogP contribution in [0.15, 0.2) is 30.3 Å². The predicted molar refractivity (Wildman–Crippen MR) is 135 cm³/mol. The lowest BCUT2D eigenvalue weighted by Crippen LogP contribution is -2.47. The molecule has 4 rings (SSSR count). The van der Waals surface area contributed by atoms with Gasteiger partial charge in [-0.1, -0.05) is 0 Å². The van der Waals surface area contributed by atoms with Crippen LogP contribution < -0.4 is 20.5 Å². The molecule has 3 heterocycles. The number of rotatable bonds is 5. The first-order valence-electron chi connectivity index (χ1n) is 11.6. The Hall–Kier alpha value is -3.82. The largest absolute Gasteiger partial charge is 0.493 e. The van der Waals surface area contributed by atoms with Gasteiger partial charge in [-0.2, -0.15) is 4.98 Å². The van der Waals surface area contributed by atoms with Gasteiger partial charge in [0, 0.05) is 24.7 Å². The average Bonchev–Trinajstić information content (AvgIpc) is 2.82. The lowest BCUT2D eigenvalue weighted by atomic mass is 10.1. The van der Waals surface area contributed by atoms with Crippen molar-refractivity contribution in [3.05, 3.63) is 30.3 Å². The number of aromatic nitrogens is 3. The van der Waals surface area contributed by atoms with Crippen molar-refractivity contribution in [2.24, 2.45) is 0 Å². The summed E-state index contributed by atoms with van der Waals surface area (Å²) in [5.41, 5.74) is 8.27. The highest BCUT2D eigenvalue weighted by Crippen LogP contribution is 2.33. The van der Waals surface area contributed by atoms with Crippen LogP contribution in [0.5, 0.6) is 11.5 Å². The number of carbonyl (C=O) groups excluding carboxylic acids is 1. The number of benzene rings is 1. The van der Waals surface area contributed by atoms with E-state index in [0.29, 0.717) is 41.4 Å². The van der Waals surface area contributed by atoms with E-state index in [2.05, 4.69) is 15.3 Å². The summed E-state index contributed by atoms with van der Waals surface area (Å²) in [7, 11) is 3.19.